The summed E-state index contributed by atoms with van der Waals surface area (Å²) in [5, 5.41) is 0. The van der Waals surface area contributed by atoms with Crippen LogP contribution in [0.25, 0.3) is 22.8 Å². The topological polar surface area (TPSA) is 96.1 Å². The summed E-state index contributed by atoms with van der Waals surface area (Å²) in [4.78, 5) is 20.8. The number of ether oxygens (including phenoxy) is 2. The molecule has 0 radical (unpaired) electrons. The lowest BCUT2D eigenvalue weighted by Gasteiger charge is -2.06. The molecule has 0 aromatic carbocycles. The van der Waals surface area contributed by atoms with E-state index < -0.39 is 13.2 Å². The van der Waals surface area contributed by atoms with Crippen molar-refractivity contribution in [2.24, 2.45) is 0 Å². The molecule has 0 aliphatic rings. The molecule has 4 aromatic rings. The minimum atomic E-state index is -3.67. The number of aromatic nitrogens is 5. The van der Waals surface area contributed by atoms with E-state index in [9.17, 15) is 4.39 Å². The summed E-state index contributed by atoms with van der Waals surface area (Å²) in [6.07, 6.45) is 4.04. The number of aryl methyl sites for hydroxylation is 1. The molecular formula is C19H16FN5O3. The van der Waals surface area contributed by atoms with E-state index in [4.69, 9.17) is 19.4 Å². The highest BCUT2D eigenvalue weighted by Crippen LogP contribution is 2.24. The normalized spacial score (nSPS) is 14.1. The van der Waals surface area contributed by atoms with E-state index >= 15 is 0 Å². The first kappa shape index (κ1) is 13.5. The van der Waals surface area contributed by atoms with Gasteiger partial charge in [0.1, 0.15) is 48.8 Å². The highest BCUT2D eigenvalue weighted by atomic mass is 19.1. The average molecular weight is 385 g/mol. The van der Waals surface area contributed by atoms with Crippen LogP contribution in [0.3, 0.4) is 0 Å². The molecule has 0 N–H and O–H groups in total. The van der Waals surface area contributed by atoms with E-state index in [0.717, 1.165) is 11.9 Å². The molecule has 4 rings (SSSR count). The Hall–Kier alpha value is -3.62. The van der Waals surface area contributed by atoms with Gasteiger partial charge in [-0.3, -0.25) is 4.98 Å². The lowest BCUT2D eigenvalue weighted by atomic mass is 10.3. The van der Waals surface area contributed by atoms with Gasteiger partial charge >= 0.3 is 0 Å². The van der Waals surface area contributed by atoms with Crippen LogP contribution >= 0.6 is 0 Å². The lowest BCUT2D eigenvalue weighted by molar-refractivity contribution is 0.271. The number of fused-ring (bicyclic) bond motifs is 1. The highest BCUT2D eigenvalue weighted by Gasteiger charge is 2.12. The van der Waals surface area contributed by atoms with E-state index in [1.54, 1.807) is 12.1 Å². The number of nitrogens with zero attached hydrogens (tertiary/aromatic N) is 5. The largest absolute Gasteiger partial charge is 0.489 e. The zero-order valence-electron chi connectivity index (χ0n) is 18.6. The molecule has 0 atom stereocenters. The predicted molar refractivity (Wildman–Crippen MR) is 97.6 cm³/mol. The van der Waals surface area contributed by atoms with Crippen LogP contribution < -0.4 is 9.47 Å². The zero-order valence-corrected chi connectivity index (χ0v) is 14.6. The van der Waals surface area contributed by atoms with Crippen molar-refractivity contribution >= 4 is 11.2 Å². The first-order chi connectivity index (χ1) is 15.1. The summed E-state index contributed by atoms with van der Waals surface area (Å²) in [6, 6.07) is 6.22. The van der Waals surface area contributed by atoms with Crippen molar-refractivity contribution in [2.45, 2.75) is 13.5 Å². The van der Waals surface area contributed by atoms with Gasteiger partial charge in [-0.05, 0) is 25.1 Å². The number of alkyl halides is 1. The number of hydrogen-bond acceptors (Lipinski definition) is 8. The van der Waals surface area contributed by atoms with Crippen LogP contribution in [0.1, 0.15) is 16.9 Å². The molecule has 9 heteroatoms. The van der Waals surface area contributed by atoms with Crippen molar-refractivity contribution < 1.29 is 23.8 Å². The van der Waals surface area contributed by atoms with Crippen LogP contribution in [0, 0.1) is 6.92 Å². The fraction of sp³-hybridized carbons (Fsp3) is 0.211. The molecule has 28 heavy (non-hydrogen) atoms. The van der Waals surface area contributed by atoms with Crippen molar-refractivity contribution in [3.8, 4) is 23.1 Å². The van der Waals surface area contributed by atoms with Crippen LogP contribution in [0.4, 0.5) is 4.39 Å². The van der Waals surface area contributed by atoms with Gasteiger partial charge in [-0.1, -0.05) is 0 Å². The number of halogens is 1. The smallest absolute Gasteiger partial charge is 0.248 e. The van der Waals surface area contributed by atoms with Crippen molar-refractivity contribution in [3.63, 3.8) is 0 Å². The van der Waals surface area contributed by atoms with Crippen molar-refractivity contribution in [3.05, 3.63) is 54.4 Å². The molecule has 4 heterocycles. The van der Waals surface area contributed by atoms with E-state index in [-0.39, 0.29) is 12.4 Å². The Morgan fingerprint density at radius 1 is 1.07 bits per heavy atom. The fourth-order valence-corrected chi connectivity index (χ4v) is 2.36. The molecule has 0 saturated heterocycles. The SMILES string of the molecule is [2H]C([2H])(F)C([2H])([2H])Oc1ccc(COc2cnc3oc(-c4cc(C)ncn4)nc3c2)nc1. The van der Waals surface area contributed by atoms with Crippen molar-refractivity contribution in [2.75, 3.05) is 13.2 Å². The number of oxazole rings is 1. The number of hydrogen-bond donors (Lipinski definition) is 0. The zero-order chi connectivity index (χ0) is 22.9. The van der Waals surface area contributed by atoms with E-state index in [0.29, 0.717) is 34.3 Å². The van der Waals surface area contributed by atoms with Crippen LogP contribution in [0.5, 0.6) is 11.5 Å². The monoisotopic (exact) mass is 385 g/mol. The Morgan fingerprint density at radius 2 is 1.96 bits per heavy atom. The van der Waals surface area contributed by atoms with Crippen molar-refractivity contribution in [1.82, 2.24) is 24.9 Å². The van der Waals surface area contributed by atoms with Gasteiger partial charge in [0.15, 0.2) is 0 Å². The van der Waals surface area contributed by atoms with Gasteiger partial charge in [-0.25, -0.2) is 24.3 Å². The molecule has 8 nitrogen and oxygen atoms in total. The molecule has 0 amide bonds. The van der Waals surface area contributed by atoms with Gasteiger partial charge in [0, 0.05) is 11.8 Å². The van der Waals surface area contributed by atoms with Crippen LogP contribution in [0.2, 0.25) is 0 Å². The van der Waals surface area contributed by atoms with Gasteiger partial charge in [0.25, 0.3) is 0 Å². The standard InChI is InChI=1S/C19H16FN5O3/c1-12-6-16(24-11-23-12)19-25-17-7-15(9-22-18(17)28-19)27-10-13-2-3-14(8-21-13)26-5-4-20/h2-3,6-9,11H,4-5,10H2,1H3/i4D2,5D2. The molecule has 0 bridgehead atoms. The first-order valence-electron chi connectivity index (χ1n) is 10.1. The summed E-state index contributed by atoms with van der Waals surface area (Å²) in [5.41, 5.74) is 2.59. The maximum Gasteiger partial charge on any atom is 0.248 e. The minimum absolute atomic E-state index is 0.0557. The second kappa shape index (κ2) is 7.95. The molecule has 0 spiro atoms. The summed E-state index contributed by atoms with van der Waals surface area (Å²) >= 11 is 0. The quantitative estimate of drug-likeness (QED) is 0.478. The Balaban J connectivity index is 1.43. The van der Waals surface area contributed by atoms with Crippen molar-refractivity contribution in [1.29, 1.82) is 0 Å². The Morgan fingerprint density at radius 3 is 2.75 bits per heavy atom. The number of pyridine rings is 2. The lowest BCUT2D eigenvalue weighted by Crippen LogP contribution is -2.01. The van der Waals surface area contributed by atoms with Gasteiger partial charge < -0.3 is 13.9 Å². The molecule has 0 fully saturated rings. The Bertz CT molecular complexity index is 1250. The first-order valence-corrected chi connectivity index (χ1v) is 8.12. The molecule has 0 aliphatic carbocycles. The predicted octanol–water partition coefficient (Wildman–Crippen LogP) is 3.31. The maximum atomic E-state index is 13.2. The van der Waals surface area contributed by atoms with E-state index in [2.05, 4.69) is 24.9 Å². The molecule has 4 aromatic heterocycles. The van der Waals surface area contributed by atoms with Gasteiger partial charge in [0.2, 0.25) is 11.6 Å². The summed E-state index contributed by atoms with van der Waals surface area (Å²) in [7, 11) is 0. The number of rotatable bonds is 7. The van der Waals surface area contributed by atoms with Crippen LogP contribution in [-0.4, -0.2) is 38.1 Å². The molecule has 0 unspecified atom stereocenters. The third-order valence-electron chi connectivity index (χ3n) is 3.64. The highest BCUT2D eigenvalue weighted by molar-refractivity contribution is 5.73. The molecule has 0 saturated carbocycles. The third-order valence-corrected chi connectivity index (χ3v) is 3.64. The summed E-state index contributed by atoms with van der Waals surface area (Å²) < 4.78 is 57.5. The Labute approximate surface area is 165 Å². The molecule has 0 aliphatic heterocycles. The van der Waals surface area contributed by atoms with Gasteiger partial charge in [-0.2, -0.15) is 0 Å². The minimum Gasteiger partial charge on any atom is -0.489 e. The van der Waals surface area contributed by atoms with E-state index in [1.165, 1.54) is 24.7 Å². The summed E-state index contributed by atoms with van der Waals surface area (Å²) in [6.45, 7) is -4.94. The van der Waals surface area contributed by atoms with Gasteiger partial charge in [-0.15, -0.1) is 0 Å². The van der Waals surface area contributed by atoms with E-state index in [1.807, 2.05) is 6.92 Å². The maximum absolute atomic E-state index is 13.2. The average Bonchev–Trinajstić information content (AvgIpc) is 3.16. The van der Waals surface area contributed by atoms with Gasteiger partial charge in [0.05, 0.1) is 23.6 Å². The van der Waals surface area contributed by atoms with Crippen LogP contribution in [-0.2, 0) is 6.61 Å². The molecular weight excluding hydrogens is 365 g/mol. The second-order valence-corrected chi connectivity index (χ2v) is 5.63. The fourth-order valence-electron chi connectivity index (χ4n) is 2.36. The molecule has 142 valence electrons. The Kier molecular flexibility index (Phi) is 3.84. The third kappa shape index (κ3) is 4.03. The van der Waals surface area contributed by atoms with Crippen LogP contribution in [0.15, 0.2) is 47.4 Å². The second-order valence-electron chi connectivity index (χ2n) is 5.63. The summed E-state index contributed by atoms with van der Waals surface area (Å²) in [5.74, 6) is 0.601.